The second-order valence-corrected chi connectivity index (χ2v) is 7.29. The van der Waals surface area contributed by atoms with Gasteiger partial charge in [0, 0.05) is 30.5 Å². The number of H-pyrrole nitrogens is 1. The van der Waals surface area contributed by atoms with Crippen LogP contribution in [-0.2, 0) is 11.2 Å². The number of amides is 1. The van der Waals surface area contributed by atoms with Gasteiger partial charge in [-0.25, -0.2) is 4.98 Å². The van der Waals surface area contributed by atoms with Crippen LogP contribution in [0.15, 0.2) is 48.5 Å². The summed E-state index contributed by atoms with van der Waals surface area (Å²) in [5.41, 5.74) is 3.14. The van der Waals surface area contributed by atoms with Crippen molar-refractivity contribution in [2.24, 2.45) is 0 Å². The summed E-state index contributed by atoms with van der Waals surface area (Å²) in [6.45, 7) is 1.59. The lowest BCUT2D eigenvalue weighted by Crippen LogP contribution is -2.38. The van der Waals surface area contributed by atoms with Gasteiger partial charge in [0.25, 0.3) is 0 Å². The number of hydrogen-bond acceptors (Lipinski definition) is 2. The molecule has 1 aliphatic heterocycles. The summed E-state index contributed by atoms with van der Waals surface area (Å²) in [5.74, 6) is 1.66. The number of aromatic nitrogens is 2. The molecule has 2 aromatic carbocycles. The smallest absolute Gasteiger partial charge is 0.222 e. The molecule has 0 radical (unpaired) electrons. The average Bonchev–Trinajstić information content (AvgIpc) is 3.11. The zero-order chi connectivity index (χ0) is 17.9. The van der Waals surface area contributed by atoms with Crippen LogP contribution >= 0.6 is 11.6 Å². The van der Waals surface area contributed by atoms with Gasteiger partial charge in [-0.1, -0.05) is 41.9 Å². The van der Waals surface area contributed by atoms with E-state index >= 15 is 0 Å². The van der Waals surface area contributed by atoms with E-state index in [1.807, 2.05) is 47.4 Å². The van der Waals surface area contributed by atoms with Crippen LogP contribution in [0.4, 0.5) is 0 Å². The van der Waals surface area contributed by atoms with Crippen LogP contribution in [0.1, 0.15) is 36.6 Å². The van der Waals surface area contributed by atoms with Gasteiger partial charge < -0.3 is 9.88 Å². The molecule has 1 saturated heterocycles. The topological polar surface area (TPSA) is 49.0 Å². The predicted octanol–water partition coefficient (Wildman–Crippen LogP) is 4.56. The van der Waals surface area contributed by atoms with E-state index in [-0.39, 0.29) is 5.91 Å². The second kappa shape index (κ2) is 7.50. The fraction of sp³-hybridized carbons (Fsp3) is 0.333. The fourth-order valence-electron chi connectivity index (χ4n) is 3.67. The number of halogens is 1. The van der Waals surface area contributed by atoms with E-state index in [2.05, 4.69) is 11.1 Å². The predicted molar refractivity (Wildman–Crippen MR) is 104 cm³/mol. The lowest BCUT2D eigenvalue weighted by molar-refractivity contribution is -0.132. The molecule has 5 heteroatoms. The molecule has 1 amide bonds. The van der Waals surface area contributed by atoms with Crippen LogP contribution in [0.2, 0.25) is 5.02 Å². The SMILES string of the molecule is O=C(CCc1ccccc1Cl)N1CCC(c2nc3ccccc3[nH]2)CC1. The molecule has 0 atom stereocenters. The van der Waals surface area contributed by atoms with Crippen molar-refractivity contribution in [2.75, 3.05) is 13.1 Å². The Morgan fingerprint density at radius 1 is 1.12 bits per heavy atom. The van der Waals surface area contributed by atoms with Crippen LogP contribution in [0, 0.1) is 0 Å². The van der Waals surface area contributed by atoms with Crippen molar-refractivity contribution in [3.63, 3.8) is 0 Å². The Morgan fingerprint density at radius 3 is 2.62 bits per heavy atom. The molecule has 1 fully saturated rings. The van der Waals surface area contributed by atoms with Gasteiger partial charge in [-0.05, 0) is 43.0 Å². The summed E-state index contributed by atoms with van der Waals surface area (Å²) in [6, 6.07) is 15.9. The molecule has 0 saturated carbocycles. The van der Waals surface area contributed by atoms with Crippen molar-refractivity contribution in [2.45, 2.75) is 31.6 Å². The second-order valence-electron chi connectivity index (χ2n) is 6.89. The first-order chi connectivity index (χ1) is 12.7. The Balaban J connectivity index is 1.33. The maximum atomic E-state index is 12.5. The number of hydrogen-bond donors (Lipinski definition) is 1. The molecule has 4 rings (SSSR count). The molecule has 1 aromatic heterocycles. The van der Waals surface area contributed by atoms with E-state index in [0.29, 0.717) is 18.8 Å². The van der Waals surface area contributed by atoms with Crippen molar-refractivity contribution in [1.29, 1.82) is 0 Å². The minimum atomic E-state index is 0.216. The lowest BCUT2D eigenvalue weighted by atomic mass is 9.95. The van der Waals surface area contributed by atoms with E-state index in [0.717, 1.165) is 53.4 Å². The van der Waals surface area contributed by atoms with E-state index in [1.54, 1.807) is 0 Å². The number of nitrogens with one attached hydrogen (secondary N) is 1. The summed E-state index contributed by atoms with van der Waals surface area (Å²) in [4.78, 5) is 22.7. The third-order valence-corrected chi connectivity index (χ3v) is 5.58. The highest BCUT2D eigenvalue weighted by molar-refractivity contribution is 6.31. The normalized spacial score (nSPS) is 15.5. The monoisotopic (exact) mass is 367 g/mol. The Labute approximate surface area is 158 Å². The Hall–Kier alpha value is -2.33. The number of imidazole rings is 1. The summed E-state index contributed by atoms with van der Waals surface area (Å²) in [5, 5.41) is 0.740. The number of nitrogens with zero attached hydrogens (tertiary/aromatic N) is 2. The summed E-state index contributed by atoms with van der Waals surface area (Å²) in [7, 11) is 0. The van der Waals surface area contributed by atoms with E-state index in [1.165, 1.54) is 0 Å². The van der Waals surface area contributed by atoms with Gasteiger partial charge in [0.2, 0.25) is 5.91 Å². The van der Waals surface area contributed by atoms with Crippen LogP contribution in [-0.4, -0.2) is 33.9 Å². The Kier molecular flexibility index (Phi) is 4.93. The van der Waals surface area contributed by atoms with Gasteiger partial charge in [0.1, 0.15) is 5.82 Å². The number of aromatic amines is 1. The number of fused-ring (bicyclic) bond motifs is 1. The molecule has 1 N–H and O–H groups in total. The highest BCUT2D eigenvalue weighted by atomic mass is 35.5. The van der Waals surface area contributed by atoms with Gasteiger partial charge in [0.05, 0.1) is 11.0 Å². The summed E-state index contributed by atoms with van der Waals surface area (Å²) < 4.78 is 0. The Bertz CT molecular complexity index is 879. The van der Waals surface area contributed by atoms with Crippen molar-refractivity contribution in [3.05, 3.63) is 64.9 Å². The number of para-hydroxylation sites is 2. The largest absolute Gasteiger partial charge is 0.343 e. The van der Waals surface area contributed by atoms with Gasteiger partial charge in [-0.3, -0.25) is 4.79 Å². The zero-order valence-corrected chi connectivity index (χ0v) is 15.4. The lowest BCUT2D eigenvalue weighted by Gasteiger charge is -2.31. The number of benzene rings is 2. The number of carbonyl (C=O) groups is 1. The number of likely N-dealkylation sites (tertiary alicyclic amines) is 1. The third kappa shape index (κ3) is 3.61. The molecule has 0 bridgehead atoms. The number of rotatable bonds is 4. The van der Waals surface area contributed by atoms with Crippen molar-refractivity contribution < 1.29 is 4.79 Å². The van der Waals surface area contributed by atoms with Gasteiger partial charge >= 0.3 is 0 Å². The van der Waals surface area contributed by atoms with E-state index < -0.39 is 0 Å². The molecule has 1 aliphatic rings. The number of piperidine rings is 1. The molecule has 2 heterocycles. The Morgan fingerprint density at radius 2 is 1.85 bits per heavy atom. The van der Waals surface area contributed by atoms with Crippen LogP contribution < -0.4 is 0 Å². The average molecular weight is 368 g/mol. The molecular formula is C21H22ClN3O. The van der Waals surface area contributed by atoms with Crippen molar-refractivity contribution in [1.82, 2.24) is 14.9 Å². The van der Waals surface area contributed by atoms with E-state index in [4.69, 9.17) is 16.6 Å². The first-order valence-electron chi connectivity index (χ1n) is 9.16. The first kappa shape index (κ1) is 17.1. The van der Waals surface area contributed by atoms with Crippen LogP contribution in [0.3, 0.4) is 0 Å². The molecular weight excluding hydrogens is 346 g/mol. The highest BCUT2D eigenvalue weighted by Gasteiger charge is 2.25. The molecule has 0 spiro atoms. The molecule has 4 nitrogen and oxygen atoms in total. The van der Waals surface area contributed by atoms with Crippen molar-refractivity contribution in [3.8, 4) is 0 Å². The maximum absolute atomic E-state index is 12.5. The quantitative estimate of drug-likeness (QED) is 0.735. The number of carbonyl (C=O) groups excluding carboxylic acids is 1. The molecule has 3 aromatic rings. The van der Waals surface area contributed by atoms with Crippen LogP contribution in [0.25, 0.3) is 11.0 Å². The van der Waals surface area contributed by atoms with Crippen molar-refractivity contribution >= 4 is 28.5 Å². The molecule has 0 aliphatic carbocycles. The molecule has 0 unspecified atom stereocenters. The molecule has 26 heavy (non-hydrogen) atoms. The van der Waals surface area contributed by atoms with Crippen LogP contribution in [0.5, 0.6) is 0 Å². The fourth-order valence-corrected chi connectivity index (χ4v) is 3.90. The standard InChI is InChI=1S/C21H22ClN3O/c22-17-6-2-1-5-15(17)9-10-20(26)25-13-11-16(12-14-25)21-23-18-7-3-4-8-19(18)24-21/h1-8,16H,9-14H2,(H,23,24). The number of aryl methyl sites for hydroxylation is 1. The summed E-state index contributed by atoms with van der Waals surface area (Å²) in [6.07, 6.45) is 3.12. The summed E-state index contributed by atoms with van der Waals surface area (Å²) >= 11 is 6.18. The minimum absolute atomic E-state index is 0.216. The van der Waals surface area contributed by atoms with Gasteiger partial charge in [-0.2, -0.15) is 0 Å². The maximum Gasteiger partial charge on any atom is 0.222 e. The van der Waals surface area contributed by atoms with Gasteiger partial charge in [-0.15, -0.1) is 0 Å². The zero-order valence-electron chi connectivity index (χ0n) is 14.6. The van der Waals surface area contributed by atoms with E-state index in [9.17, 15) is 4.79 Å². The molecule has 134 valence electrons. The first-order valence-corrected chi connectivity index (χ1v) is 9.54. The minimum Gasteiger partial charge on any atom is -0.343 e. The third-order valence-electron chi connectivity index (χ3n) is 5.21. The van der Waals surface area contributed by atoms with Gasteiger partial charge in [0.15, 0.2) is 0 Å². The highest BCUT2D eigenvalue weighted by Crippen LogP contribution is 2.28.